The van der Waals surface area contributed by atoms with Gasteiger partial charge < -0.3 is 20.5 Å². The highest BCUT2D eigenvalue weighted by Gasteiger charge is 2.24. The standard InChI is InChI=1S/C17H18F2N2O3/c1-17(23,11-3-5-12(18)6-4-11)10-20-16(22)21-14-8-7-13(19)9-15(14)24-2/h3-9,23H,10H2,1-2H3,(H2,20,21,22). The summed E-state index contributed by atoms with van der Waals surface area (Å²) in [4.78, 5) is 12.0. The summed E-state index contributed by atoms with van der Waals surface area (Å²) in [6.45, 7) is 1.40. The third kappa shape index (κ3) is 4.42. The van der Waals surface area contributed by atoms with Crippen molar-refractivity contribution < 1.29 is 23.4 Å². The Labute approximate surface area is 138 Å². The Morgan fingerprint density at radius 2 is 1.79 bits per heavy atom. The van der Waals surface area contributed by atoms with Gasteiger partial charge in [0.25, 0.3) is 0 Å². The van der Waals surface area contributed by atoms with E-state index in [4.69, 9.17) is 4.74 Å². The van der Waals surface area contributed by atoms with Gasteiger partial charge in [0.1, 0.15) is 23.0 Å². The number of benzene rings is 2. The van der Waals surface area contributed by atoms with Crippen molar-refractivity contribution in [2.24, 2.45) is 0 Å². The van der Waals surface area contributed by atoms with Gasteiger partial charge in [-0.1, -0.05) is 12.1 Å². The molecule has 3 N–H and O–H groups in total. The van der Waals surface area contributed by atoms with Crippen LogP contribution in [0.1, 0.15) is 12.5 Å². The number of nitrogens with one attached hydrogen (secondary N) is 2. The van der Waals surface area contributed by atoms with Crippen molar-refractivity contribution in [3.63, 3.8) is 0 Å². The zero-order chi connectivity index (χ0) is 17.7. The summed E-state index contributed by atoms with van der Waals surface area (Å²) < 4.78 is 31.0. The Bertz CT molecular complexity index is 718. The second-order valence-corrected chi connectivity index (χ2v) is 5.43. The van der Waals surface area contributed by atoms with Crippen LogP contribution in [0.25, 0.3) is 0 Å². The highest BCUT2D eigenvalue weighted by molar-refractivity contribution is 5.90. The molecule has 0 aliphatic rings. The number of hydrogen-bond acceptors (Lipinski definition) is 3. The number of rotatable bonds is 5. The summed E-state index contributed by atoms with van der Waals surface area (Å²) in [5.74, 6) is -0.726. The van der Waals surface area contributed by atoms with Gasteiger partial charge in [-0.15, -0.1) is 0 Å². The van der Waals surface area contributed by atoms with Crippen LogP contribution in [0.4, 0.5) is 19.3 Å². The number of anilines is 1. The van der Waals surface area contributed by atoms with E-state index < -0.39 is 23.3 Å². The van der Waals surface area contributed by atoms with Crippen molar-refractivity contribution in [2.75, 3.05) is 19.0 Å². The fourth-order valence-corrected chi connectivity index (χ4v) is 2.10. The van der Waals surface area contributed by atoms with E-state index in [1.54, 1.807) is 0 Å². The number of urea groups is 1. The van der Waals surface area contributed by atoms with E-state index in [9.17, 15) is 18.7 Å². The van der Waals surface area contributed by atoms with E-state index in [1.165, 1.54) is 50.4 Å². The second-order valence-electron chi connectivity index (χ2n) is 5.43. The van der Waals surface area contributed by atoms with Crippen LogP contribution in [0, 0.1) is 11.6 Å². The lowest BCUT2D eigenvalue weighted by Crippen LogP contribution is -2.40. The number of methoxy groups -OCH3 is 1. The molecule has 0 radical (unpaired) electrons. The second kappa shape index (κ2) is 7.27. The van der Waals surface area contributed by atoms with Crippen LogP contribution >= 0.6 is 0 Å². The lowest BCUT2D eigenvalue weighted by atomic mass is 9.96. The molecule has 5 nitrogen and oxygen atoms in total. The minimum absolute atomic E-state index is 0.103. The van der Waals surface area contributed by atoms with Gasteiger partial charge >= 0.3 is 6.03 Å². The zero-order valence-electron chi connectivity index (χ0n) is 13.3. The minimum atomic E-state index is -1.38. The summed E-state index contributed by atoms with van der Waals surface area (Å²) in [6, 6.07) is 8.45. The van der Waals surface area contributed by atoms with Crippen molar-refractivity contribution in [3.05, 3.63) is 59.7 Å². The van der Waals surface area contributed by atoms with Crippen LogP contribution in [0.2, 0.25) is 0 Å². The predicted octanol–water partition coefficient (Wildman–Crippen LogP) is 3.00. The maximum atomic E-state index is 13.1. The largest absolute Gasteiger partial charge is 0.494 e. The monoisotopic (exact) mass is 336 g/mol. The van der Waals surface area contributed by atoms with E-state index in [0.29, 0.717) is 5.56 Å². The Morgan fingerprint density at radius 1 is 1.17 bits per heavy atom. The van der Waals surface area contributed by atoms with E-state index in [-0.39, 0.29) is 18.0 Å². The first kappa shape index (κ1) is 17.7. The molecule has 2 aromatic rings. The molecule has 0 aliphatic heterocycles. The first-order valence-electron chi connectivity index (χ1n) is 7.18. The molecule has 2 aromatic carbocycles. The Morgan fingerprint density at radius 3 is 2.42 bits per heavy atom. The molecule has 0 bridgehead atoms. The topological polar surface area (TPSA) is 70.6 Å². The number of aliphatic hydroxyl groups is 1. The van der Waals surface area contributed by atoms with Crippen molar-refractivity contribution in [3.8, 4) is 5.75 Å². The summed E-state index contributed by atoms with van der Waals surface area (Å²) in [5.41, 5.74) is -0.626. The van der Waals surface area contributed by atoms with Gasteiger partial charge in [-0.3, -0.25) is 0 Å². The SMILES string of the molecule is COc1cc(F)ccc1NC(=O)NCC(C)(O)c1ccc(F)cc1. The van der Waals surface area contributed by atoms with Crippen LogP contribution in [0.3, 0.4) is 0 Å². The van der Waals surface area contributed by atoms with E-state index in [0.717, 1.165) is 6.07 Å². The van der Waals surface area contributed by atoms with Gasteiger partial charge in [-0.05, 0) is 36.8 Å². The first-order valence-corrected chi connectivity index (χ1v) is 7.18. The van der Waals surface area contributed by atoms with Gasteiger partial charge in [-0.25, -0.2) is 13.6 Å². The van der Waals surface area contributed by atoms with Crippen molar-refractivity contribution in [1.29, 1.82) is 0 Å². The molecular weight excluding hydrogens is 318 g/mol. The summed E-state index contributed by atoms with van der Waals surface area (Å²) in [7, 11) is 1.36. The molecule has 0 aliphatic carbocycles. The van der Waals surface area contributed by atoms with Crippen LogP contribution in [-0.2, 0) is 5.60 Å². The van der Waals surface area contributed by atoms with Crippen LogP contribution < -0.4 is 15.4 Å². The molecule has 0 fully saturated rings. The van der Waals surface area contributed by atoms with E-state index in [2.05, 4.69) is 10.6 Å². The van der Waals surface area contributed by atoms with Crippen LogP contribution in [0.15, 0.2) is 42.5 Å². The normalized spacial score (nSPS) is 13.0. The highest BCUT2D eigenvalue weighted by Crippen LogP contribution is 2.25. The average molecular weight is 336 g/mol. The molecule has 0 saturated heterocycles. The zero-order valence-corrected chi connectivity index (χ0v) is 13.3. The molecule has 0 aromatic heterocycles. The fraction of sp³-hybridized carbons (Fsp3) is 0.235. The molecular formula is C17H18F2N2O3. The van der Waals surface area contributed by atoms with Gasteiger partial charge in [-0.2, -0.15) is 0 Å². The number of amides is 2. The first-order chi connectivity index (χ1) is 11.3. The quantitative estimate of drug-likeness (QED) is 0.786. The third-order valence-electron chi connectivity index (χ3n) is 3.47. The number of halogens is 2. The maximum Gasteiger partial charge on any atom is 0.319 e. The molecule has 2 rings (SSSR count). The Hall–Kier alpha value is -2.67. The average Bonchev–Trinajstić information content (AvgIpc) is 2.55. The molecule has 0 spiro atoms. The van der Waals surface area contributed by atoms with Crippen molar-refractivity contribution in [2.45, 2.75) is 12.5 Å². The molecule has 0 saturated carbocycles. The van der Waals surface area contributed by atoms with E-state index >= 15 is 0 Å². The van der Waals surface area contributed by atoms with Gasteiger partial charge in [0.2, 0.25) is 0 Å². The number of ether oxygens (including phenoxy) is 1. The lowest BCUT2D eigenvalue weighted by Gasteiger charge is -2.24. The smallest absolute Gasteiger partial charge is 0.319 e. The number of carbonyl (C=O) groups is 1. The number of carbonyl (C=O) groups excluding carboxylic acids is 1. The Balaban J connectivity index is 1.99. The summed E-state index contributed by atoms with van der Waals surface area (Å²) >= 11 is 0. The van der Waals surface area contributed by atoms with Gasteiger partial charge in [0, 0.05) is 6.07 Å². The molecule has 7 heteroatoms. The predicted molar refractivity (Wildman–Crippen MR) is 85.9 cm³/mol. The molecule has 0 heterocycles. The summed E-state index contributed by atoms with van der Waals surface area (Å²) in [6.07, 6.45) is 0. The van der Waals surface area contributed by atoms with Gasteiger partial charge in [0.15, 0.2) is 0 Å². The molecule has 1 atom stereocenters. The fourth-order valence-electron chi connectivity index (χ4n) is 2.10. The highest BCUT2D eigenvalue weighted by atomic mass is 19.1. The lowest BCUT2D eigenvalue weighted by molar-refractivity contribution is 0.0599. The van der Waals surface area contributed by atoms with Gasteiger partial charge in [0.05, 0.1) is 19.3 Å². The summed E-state index contributed by atoms with van der Waals surface area (Å²) in [5, 5.41) is 15.4. The molecule has 128 valence electrons. The van der Waals surface area contributed by atoms with Crippen LogP contribution in [-0.4, -0.2) is 24.8 Å². The van der Waals surface area contributed by atoms with Crippen LogP contribution in [0.5, 0.6) is 5.75 Å². The molecule has 24 heavy (non-hydrogen) atoms. The minimum Gasteiger partial charge on any atom is -0.494 e. The maximum absolute atomic E-state index is 13.1. The van der Waals surface area contributed by atoms with Crippen molar-refractivity contribution in [1.82, 2.24) is 5.32 Å². The molecule has 1 unspecified atom stereocenters. The van der Waals surface area contributed by atoms with E-state index in [1.807, 2.05) is 0 Å². The molecule has 2 amide bonds. The van der Waals surface area contributed by atoms with Crippen molar-refractivity contribution >= 4 is 11.7 Å². The third-order valence-corrected chi connectivity index (χ3v) is 3.47. The number of hydrogen-bond donors (Lipinski definition) is 3. The Kier molecular flexibility index (Phi) is 5.35.